The zero-order valence-electron chi connectivity index (χ0n) is 19.3. The molecule has 8 atom stereocenters. The van der Waals surface area contributed by atoms with E-state index in [0.717, 1.165) is 11.8 Å². The number of methoxy groups -OCH3 is 1. The highest BCUT2D eigenvalue weighted by Crippen LogP contribution is 2.79. The first kappa shape index (κ1) is 22.8. The molecule has 5 aliphatic rings. The van der Waals surface area contributed by atoms with Crippen molar-refractivity contribution in [1.82, 2.24) is 0 Å². The SMILES string of the molecule is C=C1C[C@]23C[C@@]1(OC(C)=O)CCC2[C@@]12CC[C@H](OS(C)(=O)=O)[C@](C)(C(=O)O1)C2[C@@H]3C(=O)OC. The van der Waals surface area contributed by atoms with Gasteiger partial charge in [0.05, 0.1) is 25.4 Å². The van der Waals surface area contributed by atoms with E-state index in [9.17, 15) is 22.8 Å². The highest BCUT2D eigenvalue weighted by atomic mass is 32.2. The molecule has 0 N–H and O–H groups in total. The topological polar surface area (TPSA) is 122 Å². The molecule has 4 bridgehead atoms. The molecule has 0 radical (unpaired) electrons. The molecule has 5 rings (SSSR count). The first-order valence-electron chi connectivity index (χ1n) is 11.3. The molecule has 10 heteroatoms. The van der Waals surface area contributed by atoms with Crippen LogP contribution in [0.1, 0.15) is 52.4 Å². The Morgan fingerprint density at radius 1 is 1.21 bits per heavy atom. The zero-order valence-corrected chi connectivity index (χ0v) is 20.2. The molecular formula is C23H30O9S. The van der Waals surface area contributed by atoms with E-state index in [0.29, 0.717) is 38.5 Å². The molecule has 1 saturated heterocycles. The van der Waals surface area contributed by atoms with Crippen LogP contribution in [-0.4, -0.2) is 57.0 Å². The second kappa shape index (κ2) is 6.59. The monoisotopic (exact) mass is 482 g/mol. The minimum Gasteiger partial charge on any atom is -0.469 e. The summed E-state index contributed by atoms with van der Waals surface area (Å²) in [5.41, 5.74) is -3.01. The van der Waals surface area contributed by atoms with E-state index in [4.69, 9.17) is 18.4 Å². The quantitative estimate of drug-likeness (QED) is 0.256. The number of hydrogen-bond donors (Lipinski definition) is 0. The van der Waals surface area contributed by atoms with Crippen LogP contribution in [0.15, 0.2) is 12.2 Å². The lowest BCUT2D eigenvalue weighted by Crippen LogP contribution is -2.54. The second-order valence-electron chi connectivity index (χ2n) is 10.8. The van der Waals surface area contributed by atoms with Gasteiger partial charge in [-0.2, -0.15) is 8.42 Å². The van der Waals surface area contributed by atoms with Crippen LogP contribution in [0.5, 0.6) is 0 Å². The molecule has 1 spiro atoms. The first-order valence-corrected chi connectivity index (χ1v) is 13.1. The van der Waals surface area contributed by atoms with Crippen LogP contribution in [0.2, 0.25) is 0 Å². The third-order valence-corrected chi connectivity index (χ3v) is 9.90. The fourth-order valence-electron chi connectivity index (χ4n) is 8.51. The lowest BCUT2D eigenvalue weighted by molar-refractivity contribution is -0.169. The molecule has 0 aromatic rings. The molecule has 2 unspecified atom stereocenters. The number of hydrogen-bond acceptors (Lipinski definition) is 9. The summed E-state index contributed by atoms with van der Waals surface area (Å²) < 4.78 is 46.7. The van der Waals surface area contributed by atoms with Gasteiger partial charge in [0.2, 0.25) is 0 Å². The van der Waals surface area contributed by atoms with Crippen molar-refractivity contribution in [3.63, 3.8) is 0 Å². The van der Waals surface area contributed by atoms with Crippen LogP contribution in [0.4, 0.5) is 0 Å². The number of esters is 3. The predicted octanol–water partition coefficient (Wildman–Crippen LogP) is 1.89. The van der Waals surface area contributed by atoms with Crippen molar-refractivity contribution in [1.29, 1.82) is 0 Å². The van der Waals surface area contributed by atoms with Gasteiger partial charge in [-0.25, -0.2) is 0 Å². The van der Waals surface area contributed by atoms with Gasteiger partial charge < -0.3 is 14.2 Å². The summed E-state index contributed by atoms with van der Waals surface area (Å²) in [6, 6.07) is 0. The third-order valence-electron chi connectivity index (χ3n) is 9.32. The highest BCUT2D eigenvalue weighted by molar-refractivity contribution is 7.86. The summed E-state index contributed by atoms with van der Waals surface area (Å²) in [7, 11) is -2.54. The molecule has 5 fully saturated rings. The fourth-order valence-corrected chi connectivity index (χ4v) is 9.23. The molecular weight excluding hydrogens is 452 g/mol. The van der Waals surface area contributed by atoms with E-state index in [1.165, 1.54) is 14.0 Å². The maximum atomic E-state index is 13.4. The molecule has 0 aromatic carbocycles. The van der Waals surface area contributed by atoms with Crippen molar-refractivity contribution in [3.8, 4) is 0 Å². The predicted molar refractivity (Wildman–Crippen MR) is 113 cm³/mol. The van der Waals surface area contributed by atoms with E-state index in [-0.39, 0.29) is 5.92 Å². The van der Waals surface area contributed by atoms with Crippen LogP contribution in [0, 0.1) is 28.6 Å². The van der Waals surface area contributed by atoms with E-state index in [2.05, 4.69) is 6.58 Å². The molecule has 0 aromatic heterocycles. The van der Waals surface area contributed by atoms with Gasteiger partial charge in [0.15, 0.2) is 0 Å². The Hall–Kier alpha value is -1.94. The summed E-state index contributed by atoms with van der Waals surface area (Å²) >= 11 is 0. The van der Waals surface area contributed by atoms with E-state index in [1.807, 2.05) is 0 Å². The molecule has 33 heavy (non-hydrogen) atoms. The van der Waals surface area contributed by atoms with Crippen molar-refractivity contribution in [3.05, 3.63) is 12.2 Å². The Kier molecular flexibility index (Phi) is 4.56. The Morgan fingerprint density at radius 3 is 2.52 bits per heavy atom. The van der Waals surface area contributed by atoms with Gasteiger partial charge in [-0.05, 0) is 56.4 Å². The molecule has 4 aliphatic carbocycles. The summed E-state index contributed by atoms with van der Waals surface area (Å²) in [6.07, 6.45) is 2.73. The van der Waals surface area contributed by atoms with Crippen LogP contribution in [0.3, 0.4) is 0 Å². The van der Waals surface area contributed by atoms with E-state index in [1.54, 1.807) is 6.92 Å². The van der Waals surface area contributed by atoms with E-state index < -0.39 is 68.0 Å². The van der Waals surface area contributed by atoms with Crippen LogP contribution >= 0.6 is 0 Å². The normalized spacial score (nSPS) is 47.5. The van der Waals surface area contributed by atoms with Crippen molar-refractivity contribution < 1.29 is 41.2 Å². The Bertz CT molecular complexity index is 1080. The maximum Gasteiger partial charge on any atom is 0.315 e. The molecule has 1 aliphatic heterocycles. The van der Waals surface area contributed by atoms with Crippen LogP contribution < -0.4 is 0 Å². The minimum absolute atomic E-state index is 0.160. The number of rotatable bonds is 4. The number of carbonyl (C=O) groups excluding carboxylic acids is 3. The van der Waals surface area contributed by atoms with Crippen LogP contribution in [-0.2, 0) is 42.9 Å². The molecule has 182 valence electrons. The zero-order chi connectivity index (χ0) is 24.2. The fraction of sp³-hybridized carbons (Fsp3) is 0.783. The average Bonchev–Trinajstić information content (AvgIpc) is 3.13. The average molecular weight is 483 g/mol. The molecule has 1 heterocycles. The van der Waals surface area contributed by atoms with Crippen LogP contribution in [0.25, 0.3) is 0 Å². The van der Waals surface area contributed by atoms with Crippen molar-refractivity contribution >= 4 is 28.0 Å². The van der Waals surface area contributed by atoms with Gasteiger partial charge in [-0.15, -0.1) is 0 Å². The largest absolute Gasteiger partial charge is 0.469 e. The van der Waals surface area contributed by atoms with E-state index >= 15 is 0 Å². The standard InChI is InChI=1S/C23H30O9S/c1-12-10-21-11-22(12,30-13(2)24)8-6-14(21)23-9-7-15(32-33(5,27)28)20(3,19(26)31-23)17(23)16(21)18(25)29-4/h14-17H,1,6-11H2,2-5H3/t14?,15-,16+,17?,20-,21-,22-,23+/m0/s1. The maximum absolute atomic E-state index is 13.4. The van der Waals surface area contributed by atoms with Crippen molar-refractivity contribution in [2.75, 3.05) is 13.4 Å². The minimum atomic E-state index is -3.85. The lowest BCUT2D eigenvalue weighted by Gasteiger charge is -2.46. The second-order valence-corrected chi connectivity index (χ2v) is 12.4. The van der Waals surface area contributed by atoms with Gasteiger partial charge >= 0.3 is 17.9 Å². The Labute approximate surface area is 193 Å². The highest BCUT2D eigenvalue weighted by Gasteiger charge is 2.85. The van der Waals surface area contributed by atoms with Gasteiger partial charge in [0, 0.05) is 18.8 Å². The van der Waals surface area contributed by atoms with Gasteiger partial charge in [0.1, 0.15) is 16.6 Å². The van der Waals surface area contributed by atoms with Gasteiger partial charge in [-0.1, -0.05) is 6.58 Å². The Morgan fingerprint density at radius 2 is 1.91 bits per heavy atom. The van der Waals surface area contributed by atoms with Gasteiger partial charge in [0.25, 0.3) is 10.1 Å². The number of carbonyl (C=O) groups is 3. The summed E-state index contributed by atoms with van der Waals surface area (Å²) in [5, 5.41) is 0. The smallest absolute Gasteiger partial charge is 0.315 e. The molecule has 0 amide bonds. The lowest BCUT2D eigenvalue weighted by atomic mass is 9.59. The molecule has 4 saturated carbocycles. The summed E-state index contributed by atoms with van der Waals surface area (Å²) in [6.45, 7) is 7.25. The van der Waals surface area contributed by atoms with Crippen molar-refractivity contribution in [2.24, 2.45) is 28.6 Å². The van der Waals surface area contributed by atoms with Gasteiger partial charge in [-0.3, -0.25) is 18.6 Å². The third kappa shape index (κ3) is 2.68. The summed E-state index contributed by atoms with van der Waals surface area (Å²) in [4.78, 5) is 38.7. The number of ether oxygens (including phenoxy) is 3. The first-order chi connectivity index (χ1) is 15.3. The summed E-state index contributed by atoms with van der Waals surface area (Å²) in [5.74, 6) is -2.93. The Balaban J connectivity index is 1.68. The number of fused-ring (bicyclic) bond motifs is 1. The molecule has 9 nitrogen and oxygen atoms in total. The van der Waals surface area contributed by atoms with Crippen molar-refractivity contribution in [2.45, 2.75) is 69.7 Å².